The first-order chi connectivity index (χ1) is 14.7. The number of carbonyl (C=O) groups excluding carboxylic acids is 3. The number of halogens is 2. The molecule has 3 rings (SSSR count). The first kappa shape index (κ1) is 22.4. The first-order valence-corrected chi connectivity index (χ1v) is 9.92. The summed E-state index contributed by atoms with van der Waals surface area (Å²) in [7, 11) is 0. The third-order valence-electron chi connectivity index (χ3n) is 4.31. The number of ether oxygens (including phenoxy) is 1. The lowest BCUT2D eigenvalue weighted by Crippen LogP contribution is -2.30. The number of rotatable bonds is 6. The van der Waals surface area contributed by atoms with Crippen molar-refractivity contribution in [1.29, 1.82) is 0 Å². The Morgan fingerprint density at radius 3 is 2.45 bits per heavy atom. The van der Waals surface area contributed by atoms with E-state index in [1.165, 1.54) is 31.4 Å². The second kappa shape index (κ2) is 9.68. The minimum absolute atomic E-state index is 0.138. The molecule has 0 aliphatic rings. The van der Waals surface area contributed by atoms with Gasteiger partial charge in [-0.25, -0.2) is 4.79 Å². The van der Waals surface area contributed by atoms with Crippen LogP contribution in [0.3, 0.4) is 0 Å². The van der Waals surface area contributed by atoms with Gasteiger partial charge in [-0.1, -0.05) is 29.3 Å². The maximum Gasteiger partial charge on any atom is 0.338 e. The van der Waals surface area contributed by atoms with Crippen molar-refractivity contribution in [3.8, 4) is 0 Å². The number of anilines is 2. The van der Waals surface area contributed by atoms with Gasteiger partial charge in [-0.2, -0.15) is 0 Å². The summed E-state index contributed by atoms with van der Waals surface area (Å²) in [5, 5.41) is 5.95. The van der Waals surface area contributed by atoms with Gasteiger partial charge in [0.2, 0.25) is 0 Å². The zero-order valence-corrected chi connectivity index (χ0v) is 18.1. The molecule has 1 atom stereocenters. The van der Waals surface area contributed by atoms with E-state index in [2.05, 4.69) is 10.6 Å². The van der Waals surface area contributed by atoms with Crippen LogP contribution >= 0.6 is 23.2 Å². The molecule has 1 heterocycles. The fraction of sp³-hybridized carbons (Fsp3) is 0.136. The molecule has 0 saturated heterocycles. The molecule has 0 spiro atoms. The van der Waals surface area contributed by atoms with Gasteiger partial charge < -0.3 is 19.8 Å². The molecule has 0 bridgehead atoms. The van der Waals surface area contributed by atoms with Crippen LogP contribution < -0.4 is 10.6 Å². The SMILES string of the molecule is Cc1ccc(C(=O)OC(C)C(=O)Nc2ccc(Cl)cc2Cl)cc1NC(=O)c1ccco1. The van der Waals surface area contributed by atoms with Gasteiger partial charge >= 0.3 is 5.97 Å². The third kappa shape index (κ3) is 5.65. The van der Waals surface area contributed by atoms with E-state index >= 15 is 0 Å². The molecule has 0 aliphatic heterocycles. The van der Waals surface area contributed by atoms with Crippen LogP contribution in [0.25, 0.3) is 0 Å². The van der Waals surface area contributed by atoms with Gasteiger partial charge in [0.05, 0.1) is 22.5 Å². The zero-order valence-electron chi connectivity index (χ0n) is 16.6. The summed E-state index contributed by atoms with van der Waals surface area (Å²) in [6.45, 7) is 3.21. The number of hydrogen-bond donors (Lipinski definition) is 2. The molecule has 7 nitrogen and oxygen atoms in total. The van der Waals surface area contributed by atoms with Gasteiger partial charge in [-0.15, -0.1) is 0 Å². The number of benzene rings is 2. The van der Waals surface area contributed by atoms with E-state index in [1.54, 1.807) is 37.3 Å². The van der Waals surface area contributed by atoms with Gasteiger partial charge in [0.1, 0.15) is 0 Å². The molecular formula is C22H18Cl2N2O5. The molecule has 0 fully saturated rings. The predicted octanol–water partition coefficient (Wildman–Crippen LogP) is 5.33. The van der Waals surface area contributed by atoms with E-state index in [9.17, 15) is 14.4 Å². The summed E-state index contributed by atoms with van der Waals surface area (Å²) in [4.78, 5) is 37.1. The topological polar surface area (TPSA) is 97.6 Å². The molecule has 160 valence electrons. The number of hydrogen-bond acceptors (Lipinski definition) is 5. The van der Waals surface area contributed by atoms with Gasteiger partial charge in [0.25, 0.3) is 11.8 Å². The molecule has 9 heteroatoms. The van der Waals surface area contributed by atoms with E-state index in [1.807, 2.05) is 0 Å². The van der Waals surface area contributed by atoms with Gasteiger partial charge in [-0.3, -0.25) is 9.59 Å². The Hall–Kier alpha value is -3.29. The van der Waals surface area contributed by atoms with Crippen molar-refractivity contribution in [3.05, 3.63) is 81.7 Å². The Morgan fingerprint density at radius 1 is 1.00 bits per heavy atom. The van der Waals surface area contributed by atoms with E-state index < -0.39 is 23.9 Å². The van der Waals surface area contributed by atoms with Crippen molar-refractivity contribution in [2.75, 3.05) is 10.6 Å². The molecular weight excluding hydrogens is 443 g/mol. The zero-order chi connectivity index (χ0) is 22.5. The van der Waals surface area contributed by atoms with Crippen LogP contribution in [0, 0.1) is 6.92 Å². The number of carbonyl (C=O) groups is 3. The summed E-state index contributed by atoms with van der Waals surface area (Å²) in [6.07, 6.45) is 0.292. The minimum atomic E-state index is -1.10. The van der Waals surface area contributed by atoms with E-state index in [4.69, 9.17) is 32.4 Å². The largest absolute Gasteiger partial charge is 0.459 e. The quantitative estimate of drug-likeness (QED) is 0.484. The highest BCUT2D eigenvalue weighted by Gasteiger charge is 2.21. The van der Waals surface area contributed by atoms with E-state index in [0.717, 1.165) is 5.56 Å². The maximum absolute atomic E-state index is 12.5. The monoisotopic (exact) mass is 460 g/mol. The molecule has 1 aromatic heterocycles. The molecule has 3 aromatic rings. The Labute approximate surface area is 188 Å². The molecule has 31 heavy (non-hydrogen) atoms. The molecule has 0 radical (unpaired) electrons. The third-order valence-corrected chi connectivity index (χ3v) is 4.86. The molecule has 1 unspecified atom stereocenters. The smallest absolute Gasteiger partial charge is 0.338 e. The van der Waals surface area contributed by atoms with E-state index in [-0.39, 0.29) is 16.3 Å². The molecule has 2 amide bonds. The standard InChI is InChI=1S/C22H18Cl2N2O5/c1-12-5-6-14(10-18(12)26-21(28)19-4-3-9-30-19)22(29)31-13(2)20(27)25-17-8-7-15(23)11-16(17)24/h3-11,13H,1-2H3,(H,25,27)(H,26,28). The fourth-order valence-electron chi connectivity index (χ4n) is 2.58. The van der Waals surface area contributed by atoms with Crippen molar-refractivity contribution in [2.24, 2.45) is 0 Å². The molecule has 2 aromatic carbocycles. The minimum Gasteiger partial charge on any atom is -0.459 e. The van der Waals surface area contributed by atoms with Crippen LogP contribution in [0.4, 0.5) is 11.4 Å². The number of aryl methyl sites for hydroxylation is 1. The van der Waals surface area contributed by atoms with Crippen molar-refractivity contribution < 1.29 is 23.5 Å². The van der Waals surface area contributed by atoms with Crippen molar-refractivity contribution in [1.82, 2.24) is 0 Å². The summed E-state index contributed by atoms with van der Waals surface area (Å²) < 4.78 is 10.3. The lowest BCUT2D eigenvalue weighted by Gasteiger charge is -2.15. The molecule has 2 N–H and O–H groups in total. The van der Waals surface area contributed by atoms with Crippen LogP contribution in [-0.2, 0) is 9.53 Å². The van der Waals surface area contributed by atoms with Crippen molar-refractivity contribution in [2.45, 2.75) is 20.0 Å². The summed E-state index contributed by atoms with van der Waals surface area (Å²) in [6, 6.07) is 12.4. The van der Waals surface area contributed by atoms with Crippen LogP contribution in [-0.4, -0.2) is 23.9 Å². The maximum atomic E-state index is 12.5. The second-order valence-corrected chi connectivity index (χ2v) is 7.47. The van der Waals surface area contributed by atoms with Crippen LogP contribution in [0.1, 0.15) is 33.4 Å². The van der Waals surface area contributed by atoms with Gasteiger partial charge in [-0.05, 0) is 61.9 Å². The van der Waals surface area contributed by atoms with E-state index in [0.29, 0.717) is 16.4 Å². The Bertz CT molecular complexity index is 1130. The summed E-state index contributed by atoms with van der Waals surface area (Å²) in [5.74, 6) is -1.60. The number of esters is 1. The number of nitrogens with one attached hydrogen (secondary N) is 2. The lowest BCUT2D eigenvalue weighted by molar-refractivity contribution is -0.123. The Kier molecular flexibility index (Phi) is 6.99. The van der Waals surface area contributed by atoms with Gasteiger partial charge in [0, 0.05) is 10.7 Å². The highest BCUT2D eigenvalue weighted by atomic mass is 35.5. The average molecular weight is 461 g/mol. The highest BCUT2D eigenvalue weighted by Crippen LogP contribution is 2.25. The van der Waals surface area contributed by atoms with Crippen LogP contribution in [0.5, 0.6) is 0 Å². The lowest BCUT2D eigenvalue weighted by atomic mass is 10.1. The summed E-state index contributed by atoms with van der Waals surface area (Å²) in [5.41, 5.74) is 1.67. The summed E-state index contributed by atoms with van der Waals surface area (Å²) >= 11 is 11.9. The van der Waals surface area contributed by atoms with Crippen LogP contribution in [0.15, 0.2) is 59.2 Å². The second-order valence-electron chi connectivity index (χ2n) is 6.62. The predicted molar refractivity (Wildman–Crippen MR) is 118 cm³/mol. The highest BCUT2D eigenvalue weighted by molar-refractivity contribution is 6.36. The van der Waals surface area contributed by atoms with Crippen molar-refractivity contribution >= 4 is 52.4 Å². The Morgan fingerprint density at radius 2 is 1.77 bits per heavy atom. The average Bonchev–Trinajstić information content (AvgIpc) is 3.26. The number of furan rings is 1. The first-order valence-electron chi connectivity index (χ1n) is 9.17. The fourth-order valence-corrected chi connectivity index (χ4v) is 3.04. The Balaban J connectivity index is 1.66. The molecule has 0 aliphatic carbocycles. The molecule has 0 saturated carbocycles. The normalized spacial score (nSPS) is 11.5. The number of amides is 2. The van der Waals surface area contributed by atoms with Crippen LogP contribution in [0.2, 0.25) is 10.0 Å². The van der Waals surface area contributed by atoms with Crippen molar-refractivity contribution in [3.63, 3.8) is 0 Å². The van der Waals surface area contributed by atoms with Gasteiger partial charge in [0.15, 0.2) is 11.9 Å².